The van der Waals surface area contributed by atoms with Gasteiger partial charge in [0.1, 0.15) is 0 Å². The molecule has 2 fully saturated rings. The number of urea groups is 1. The van der Waals surface area contributed by atoms with Gasteiger partial charge in [0.25, 0.3) is 0 Å². The molecule has 2 N–H and O–H groups in total. The number of ketones is 1. The topological polar surface area (TPSA) is 61.4 Å². The van der Waals surface area contributed by atoms with Crippen LogP contribution in [0.3, 0.4) is 0 Å². The average Bonchev–Trinajstić information content (AvgIpc) is 2.56. The Morgan fingerprint density at radius 2 is 1.92 bits per heavy atom. The summed E-state index contributed by atoms with van der Waals surface area (Å²) in [7, 11) is 0. The molecule has 0 unspecified atom stereocenters. The Balaban J connectivity index is 1.57. The number of nitrogens with zero attached hydrogens (tertiary/aromatic N) is 1. The van der Waals surface area contributed by atoms with Crippen molar-refractivity contribution >= 4 is 17.5 Å². The molecule has 5 heteroatoms. The highest BCUT2D eigenvalue weighted by molar-refractivity contribution is 5.96. The standard InChI is InChI=1S/C20H29N3O2/c1-3-10-23-18-8-5-9-19(23)13-17(12-18)22-20(25)21-16-7-4-6-15(11-16)14(2)24/h4,6-7,11,17-19H,3,5,8-10,12-13H2,1-2H3,(H2,21,22,25)/t18-,19-/m1/s1. The normalized spacial score (nSPS) is 26.1. The molecule has 2 saturated heterocycles. The zero-order valence-corrected chi connectivity index (χ0v) is 15.3. The monoisotopic (exact) mass is 343 g/mol. The smallest absolute Gasteiger partial charge is 0.319 e. The number of hydrogen-bond acceptors (Lipinski definition) is 3. The number of nitrogens with one attached hydrogen (secondary N) is 2. The zero-order chi connectivity index (χ0) is 17.8. The van der Waals surface area contributed by atoms with E-state index < -0.39 is 0 Å². The molecule has 25 heavy (non-hydrogen) atoms. The lowest BCUT2D eigenvalue weighted by atomic mass is 9.81. The lowest BCUT2D eigenvalue weighted by molar-refractivity contribution is 0.0272. The maximum atomic E-state index is 12.4. The molecule has 0 aliphatic carbocycles. The molecule has 2 amide bonds. The van der Waals surface area contributed by atoms with Crippen molar-refractivity contribution in [3.63, 3.8) is 0 Å². The molecule has 1 aromatic rings. The molecule has 0 aromatic heterocycles. The molecule has 2 bridgehead atoms. The number of fused-ring (bicyclic) bond motifs is 2. The molecule has 136 valence electrons. The van der Waals surface area contributed by atoms with Gasteiger partial charge >= 0.3 is 6.03 Å². The van der Waals surface area contributed by atoms with Crippen LogP contribution in [0.5, 0.6) is 0 Å². The quantitative estimate of drug-likeness (QED) is 0.799. The SMILES string of the molecule is CCCN1[C@@H]2CCC[C@@H]1CC(NC(=O)Nc1cccc(C(C)=O)c1)C2. The van der Waals surface area contributed by atoms with Crippen molar-refractivity contribution in [3.8, 4) is 0 Å². The van der Waals surface area contributed by atoms with Crippen LogP contribution in [0.25, 0.3) is 0 Å². The third-order valence-electron chi connectivity index (χ3n) is 5.47. The predicted octanol–water partition coefficient (Wildman–Crippen LogP) is 3.81. The first-order valence-corrected chi connectivity index (χ1v) is 9.51. The van der Waals surface area contributed by atoms with E-state index in [1.807, 2.05) is 6.07 Å². The summed E-state index contributed by atoms with van der Waals surface area (Å²) in [5.41, 5.74) is 1.27. The molecule has 2 atom stereocenters. The fourth-order valence-corrected chi connectivity index (χ4v) is 4.39. The minimum Gasteiger partial charge on any atom is -0.335 e. The van der Waals surface area contributed by atoms with Gasteiger partial charge in [-0.1, -0.05) is 25.5 Å². The Labute approximate surface area is 150 Å². The van der Waals surface area contributed by atoms with E-state index in [-0.39, 0.29) is 17.9 Å². The Bertz CT molecular complexity index is 617. The summed E-state index contributed by atoms with van der Waals surface area (Å²) in [6, 6.07) is 8.37. The summed E-state index contributed by atoms with van der Waals surface area (Å²) in [5.74, 6) is 0.000166. The molecular formula is C20H29N3O2. The molecule has 1 aromatic carbocycles. The van der Waals surface area contributed by atoms with Gasteiger partial charge in [-0.05, 0) is 57.7 Å². The first kappa shape index (κ1) is 17.9. The second kappa shape index (κ2) is 8.00. The van der Waals surface area contributed by atoms with Crippen molar-refractivity contribution in [2.45, 2.75) is 70.5 Å². The Kier molecular flexibility index (Phi) is 5.74. The van der Waals surface area contributed by atoms with E-state index in [9.17, 15) is 9.59 Å². The lowest BCUT2D eigenvalue weighted by Gasteiger charge is -2.49. The number of carbonyl (C=O) groups is 2. The molecule has 2 aliphatic heterocycles. The highest BCUT2D eigenvalue weighted by Crippen LogP contribution is 2.34. The van der Waals surface area contributed by atoms with Crippen LogP contribution in [0, 0.1) is 0 Å². The van der Waals surface area contributed by atoms with Gasteiger partial charge in [0.15, 0.2) is 5.78 Å². The number of anilines is 1. The van der Waals surface area contributed by atoms with Gasteiger partial charge in [-0.2, -0.15) is 0 Å². The maximum absolute atomic E-state index is 12.4. The lowest BCUT2D eigenvalue weighted by Crippen LogP contribution is -2.57. The van der Waals surface area contributed by atoms with Crippen LogP contribution in [0.4, 0.5) is 10.5 Å². The Hall–Kier alpha value is -1.88. The van der Waals surface area contributed by atoms with Crippen LogP contribution >= 0.6 is 0 Å². The summed E-state index contributed by atoms with van der Waals surface area (Å²) < 4.78 is 0. The minimum absolute atomic E-state index is 0.000166. The minimum atomic E-state index is -0.173. The first-order valence-electron chi connectivity index (χ1n) is 9.51. The van der Waals surface area contributed by atoms with E-state index in [2.05, 4.69) is 22.5 Å². The van der Waals surface area contributed by atoms with Crippen molar-refractivity contribution in [1.29, 1.82) is 0 Å². The number of hydrogen-bond donors (Lipinski definition) is 2. The average molecular weight is 343 g/mol. The van der Waals surface area contributed by atoms with Crippen LogP contribution in [-0.4, -0.2) is 41.4 Å². The van der Waals surface area contributed by atoms with Crippen molar-refractivity contribution < 1.29 is 9.59 Å². The summed E-state index contributed by atoms with van der Waals surface area (Å²) in [5, 5.41) is 6.02. The van der Waals surface area contributed by atoms with Gasteiger partial charge < -0.3 is 10.6 Å². The molecule has 2 aliphatic rings. The fraction of sp³-hybridized carbons (Fsp3) is 0.600. The van der Waals surface area contributed by atoms with Gasteiger partial charge in [0.2, 0.25) is 0 Å². The highest BCUT2D eigenvalue weighted by Gasteiger charge is 2.38. The van der Waals surface area contributed by atoms with Crippen LogP contribution in [-0.2, 0) is 0 Å². The van der Waals surface area contributed by atoms with E-state index in [0.29, 0.717) is 23.3 Å². The maximum Gasteiger partial charge on any atom is 0.319 e. The largest absolute Gasteiger partial charge is 0.335 e. The molecule has 5 nitrogen and oxygen atoms in total. The number of Topliss-reactive ketones (excluding diaryl/α,β-unsaturated/α-hetero) is 1. The van der Waals surface area contributed by atoms with Crippen molar-refractivity contribution in [2.24, 2.45) is 0 Å². The van der Waals surface area contributed by atoms with E-state index in [1.54, 1.807) is 18.2 Å². The van der Waals surface area contributed by atoms with E-state index in [4.69, 9.17) is 0 Å². The van der Waals surface area contributed by atoms with Gasteiger partial charge in [0, 0.05) is 29.4 Å². The van der Waals surface area contributed by atoms with Crippen LogP contribution in [0.2, 0.25) is 0 Å². The van der Waals surface area contributed by atoms with E-state index in [1.165, 1.54) is 39.2 Å². The van der Waals surface area contributed by atoms with Crippen molar-refractivity contribution in [2.75, 3.05) is 11.9 Å². The Morgan fingerprint density at radius 3 is 2.56 bits per heavy atom. The molecule has 2 heterocycles. The molecular weight excluding hydrogens is 314 g/mol. The zero-order valence-electron chi connectivity index (χ0n) is 15.3. The second-order valence-electron chi connectivity index (χ2n) is 7.38. The van der Waals surface area contributed by atoms with Crippen LogP contribution in [0.1, 0.15) is 62.7 Å². The number of rotatable bonds is 5. The van der Waals surface area contributed by atoms with E-state index >= 15 is 0 Å². The molecule has 0 spiro atoms. The van der Waals surface area contributed by atoms with Crippen molar-refractivity contribution in [3.05, 3.63) is 29.8 Å². The summed E-state index contributed by atoms with van der Waals surface area (Å²) in [6.07, 6.45) is 7.08. The summed E-state index contributed by atoms with van der Waals surface area (Å²) >= 11 is 0. The van der Waals surface area contributed by atoms with Gasteiger partial charge in [-0.3, -0.25) is 9.69 Å². The predicted molar refractivity (Wildman–Crippen MR) is 100 cm³/mol. The number of benzene rings is 1. The van der Waals surface area contributed by atoms with Gasteiger partial charge in [-0.25, -0.2) is 4.79 Å². The second-order valence-corrected chi connectivity index (χ2v) is 7.38. The molecule has 0 radical (unpaired) electrons. The Morgan fingerprint density at radius 1 is 1.20 bits per heavy atom. The third-order valence-corrected chi connectivity index (χ3v) is 5.47. The fourth-order valence-electron chi connectivity index (χ4n) is 4.39. The van der Waals surface area contributed by atoms with Crippen LogP contribution in [0.15, 0.2) is 24.3 Å². The summed E-state index contributed by atoms with van der Waals surface area (Å²) in [4.78, 5) is 26.5. The first-order chi connectivity index (χ1) is 12.1. The molecule has 0 saturated carbocycles. The molecule has 3 rings (SSSR count). The third kappa shape index (κ3) is 4.40. The number of carbonyl (C=O) groups excluding carboxylic acids is 2. The van der Waals surface area contributed by atoms with Gasteiger partial charge in [-0.15, -0.1) is 0 Å². The number of piperidine rings is 2. The number of amides is 2. The van der Waals surface area contributed by atoms with E-state index in [0.717, 1.165) is 12.8 Å². The van der Waals surface area contributed by atoms with Crippen LogP contribution < -0.4 is 10.6 Å². The van der Waals surface area contributed by atoms with Crippen molar-refractivity contribution in [1.82, 2.24) is 10.2 Å². The highest BCUT2D eigenvalue weighted by atomic mass is 16.2. The summed E-state index contributed by atoms with van der Waals surface area (Å²) in [6.45, 7) is 4.94. The van der Waals surface area contributed by atoms with Gasteiger partial charge in [0.05, 0.1) is 0 Å².